The highest BCUT2D eigenvalue weighted by Crippen LogP contribution is 2.34. The first-order valence-electron chi connectivity index (χ1n) is 7.02. The third kappa shape index (κ3) is 5.01. The summed E-state index contributed by atoms with van der Waals surface area (Å²) in [6.45, 7) is 0. The molecular formula is C16H14BrN3O5. The largest absolute Gasteiger partial charge is 0.503 e. The van der Waals surface area contributed by atoms with Crippen LogP contribution < -0.4 is 10.2 Å². The molecule has 0 saturated heterocycles. The molecule has 0 atom stereocenters. The van der Waals surface area contributed by atoms with Gasteiger partial charge in [-0.3, -0.25) is 14.9 Å². The van der Waals surface area contributed by atoms with E-state index in [0.29, 0.717) is 15.6 Å². The van der Waals surface area contributed by atoms with Crippen molar-refractivity contribution in [1.82, 2.24) is 5.43 Å². The summed E-state index contributed by atoms with van der Waals surface area (Å²) >= 11 is 3.19. The third-order valence-electron chi connectivity index (χ3n) is 3.19. The van der Waals surface area contributed by atoms with Crippen molar-refractivity contribution in [2.75, 3.05) is 7.11 Å². The van der Waals surface area contributed by atoms with Crippen LogP contribution in [0.5, 0.6) is 11.5 Å². The molecule has 2 N–H and O–H groups in total. The van der Waals surface area contributed by atoms with Crippen molar-refractivity contribution in [1.29, 1.82) is 0 Å². The number of rotatable bonds is 6. The van der Waals surface area contributed by atoms with Gasteiger partial charge in [0.05, 0.1) is 29.1 Å². The zero-order valence-electron chi connectivity index (χ0n) is 13.1. The molecule has 0 radical (unpaired) electrons. The first kappa shape index (κ1) is 18.4. The fraction of sp³-hybridized carbons (Fsp3) is 0.125. The second-order valence-corrected chi connectivity index (χ2v) is 5.80. The number of hydrazone groups is 1. The smallest absolute Gasteiger partial charge is 0.269 e. The van der Waals surface area contributed by atoms with Crippen LogP contribution in [0.4, 0.5) is 5.69 Å². The lowest BCUT2D eigenvalue weighted by Gasteiger charge is -2.06. The Morgan fingerprint density at radius 3 is 2.68 bits per heavy atom. The van der Waals surface area contributed by atoms with Crippen LogP contribution in [0.15, 0.2) is 46.0 Å². The molecule has 0 aliphatic heterocycles. The molecule has 25 heavy (non-hydrogen) atoms. The minimum atomic E-state index is -0.502. The van der Waals surface area contributed by atoms with Crippen LogP contribution in [-0.2, 0) is 11.2 Å². The Balaban J connectivity index is 1.96. The number of nitro benzene ring substituents is 1. The number of amides is 1. The second kappa shape index (κ2) is 8.25. The number of nitro groups is 1. The number of nitrogens with zero attached hydrogens (tertiary/aromatic N) is 2. The SMILES string of the molecule is COc1cc(/C=N/NC(=O)Cc2ccc([N+](=O)[O-])cc2)cc(Br)c1O. The van der Waals surface area contributed by atoms with E-state index in [4.69, 9.17) is 4.74 Å². The van der Waals surface area contributed by atoms with Gasteiger partial charge in [0.25, 0.3) is 5.69 Å². The van der Waals surface area contributed by atoms with Crippen LogP contribution in [-0.4, -0.2) is 29.3 Å². The lowest BCUT2D eigenvalue weighted by Crippen LogP contribution is -2.19. The second-order valence-electron chi connectivity index (χ2n) is 4.95. The number of benzene rings is 2. The van der Waals surface area contributed by atoms with Crippen LogP contribution in [0.1, 0.15) is 11.1 Å². The van der Waals surface area contributed by atoms with Gasteiger partial charge in [0.2, 0.25) is 5.91 Å². The number of phenols is 1. The van der Waals surface area contributed by atoms with E-state index in [1.54, 1.807) is 12.1 Å². The molecule has 0 spiro atoms. The fourth-order valence-electron chi connectivity index (χ4n) is 1.96. The number of nitrogens with one attached hydrogen (secondary N) is 1. The molecule has 0 saturated carbocycles. The summed E-state index contributed by atoms with van der Waals surface area (Å²) in [5.74, 6) is -0.121. The van der Waals surface area contributed by atoms with Gasteiger partial charge in [0.15, 0.2) is 11.5 Å². The lowest BCUT2D eigenvalue weighted by atomic mass is 10.1. The van der Waals surface area contributed by atoms with Crippen molar-refractivity contribution in [3.8, 4) is 11.5 Å². The van der Waals surface area contributed by atoms with Gasteiger partial charge in [-0.05, 0) is 39.2 Å². The molecule has 0 aliphatic carbocycles. The molecule has 2 aromatic carbocycles. The molecule has 1 amide bonds. The fourth-order valence-corrected chi connectivity index (χ4v) is 2.42. The molecule has 9 heteroatoms. The van der Waals surface area contributed by atoms with Gasteiger partial charge < -0.3 is 9.84 Å². The first-order valence-corrected chi connectivity index (χ1v) is 7.81. The van der Waals surface area contributed by atoms with Crippen LogP contribution in [0.25, 0.3) is 0 Å². The number of halogens is 1. The summed E-state index contributed by atoms with van der Waals surface area (Å²) in [6, 6.07) is 8.89. The Hall–Kier alpha value is -2.94. The van der Waals surface area contributed by atoms with Gasteiger partial charge in [-0.2, -0.15) is 5.10 Å². The molecule has 0 bridgehead atoms. The number of ether oxygens (including phenoxy) is 1. The van der Waals surface area contributed by atoms with Crippen LogP contribution in [0.2, 0.25) is 0 Å². The van der Waals surface area contributed by atoms with E-state index in [2.05, 4.69) is 26.5 Å². The summed E-state index contributed by atoms with van der Waals surface area (Å²) in [5, 5.41) is 24.1. The van der Waals surface area contributed by atoms with Gasteiger partial charge in [0.1, 0.15) is 0 Å². The Kier molecular flexibility index (Phi) is 6.07. The number of hydrogen-bond donors (Lipinski definition) is 2. The number of carbonyl (C=O) groups is 1. The highest BCUT2D eigenvalue weighted by Gasteiger charge is 2.08. The average Bonchev–Trinajstić information content (AvgIpc) is 2.58. The molecule has 0 fully saturated rings. The molecule has 0 aromatic heterocycles. The Labute approximate surface area is 151 Å². The van der Waals surface area contributed by atoms with Gasteiger partial charge in [-0.25, -0.2) is 5.43 Å². The van der Waals surface area contributed by atoms with Crippen molar-refractivity contribution < 1.29 is 19.6 Å². The number of phenolic OH excluding ortho intramolecular Hbond substituents is 1. The molecule has 2 aromatic rings. The maximum atomic E-state index is 11.8. The monoisotopic (exact) mass is 407 g/mol. The molecule has 8 nitrogen and oxygen atoms in total. The molecule has 2 rings (SSSR count). The molecule has 0 heterocycles. The molecule has 0 aliphatic rings. The van der Waals surface area contributed by atoms with Gasteiger partial charge in [-0.15, -0.1) is 0 Å². The topological polar surface area (TPSA) is 114 Å². The van der Waals surface area contributed by atoms with Crippen molar-refractivity contribution in [2.45, 2.75) is 6.42 Å². The first-order chi connectivity index (χ1) is 11.9. The third-order valence-corrected chi connectivity index (χ3v) is 3.79. The summed E-state index contributed by atoms with van der Waals surface area (Å²) in [6.07, 6.45) is 1.44. The van der Waals surface area contributed by atoms with Crippen molar-refractivity contribution >= 4 is 33.7 Å². The maximum Gasteiger partial charge on any atom is 0.269 e. The van der Waals surface area contributed by atoms with Gasteiger partial charge in [-0.1, -0.05) is 12.1 Å². The Bertz CT molecular complexity index is 821. The zero-order valence-corrected chi connectivity index (χ0v) is 14.7. The quantitative estimate of drug-likeness (QED) is 0.434. The average molecular weight is 408 g/mol. The predicted octanol–water partition coefficient (Wildman–Crippen LogP) is 2.76. The van der Waals surface area contributed by atoms with Crippen molar-refractivity contribution in [3.05, 3.63) is 62.1 Å². The number of methoxy groups -OCH3 is 1. The van der Waals surface area contributed by atoms with Gasteiger partial charge >= 0.3 is 0 Å². The highest BCUT2D eigenvalue weighted by atomic mass is 79.9. The van der Waals surface area contributed by atoms with Crippen LogP contribution >= 0.6 is 15.9 Å². The van der Waals surface area contributed by atoms with E-state index >= 15 is 0 Å². The standard InChI is InChI=1S/C16H14BrN3O5/c1-25-14-7-11(6-13(17)16(14)22)9-18-19-15(21)8-10-2-4-12(5-3-10)20(23)24/h2-7,9,22H,8H2,1H3,(H,19,21)/b18-9+. The summed E-state index contributed by atoms with van der Waals surface area (Å²) < 4.78 is 5.46. The minimum absolute atomic E-state index is 0.0261. The number of aromatic hydroxyl groups is 1. The van der Waals surface area contributed by atoms with E-state index in [1.807, 2.05) is 0 Å². The van der Waals surface area contributed by atoms with Crippen LogP contribution in [0.3, 0.4) is 0 Å². The number of non-ortho nitro benzene ring substituents is 1. The van der Waals surface area contributed by atoms with Crippen LogP contribution in [0, 0.1) is 10.1 Å². The normalized spacial score (nSPS) is 10.6. The molecular weight excluding hydrogens is 394 g/mol. The molecule has 0 unspecified atom stereocenters. The molecule has 130 valence electrons. The lowest BCUT2D eigenvalue weighted by molar-refractivity contribution is -0.384. The van der Waals surface area contributed by atoms with E-state index < -0.39 is 4.92 Å². The van der Waals surface area contributed by atoms with E-state index in [0.717, 1.165) is 0 Å². The summed E-state index contributed by atoms with van der Waals surface area (Å²) in [7, 11) is 1.42. The summed E-state index contributed by atoms with van der Waals surface area (Å²) in [4.78, 5) is 21.9. The zero-order chi connectivity index (χ0) is 18.4. The van der Waals surface area contributed by atoms with E-state index in [1.165, 1.54) is 37.6 Å². The Morgan fingerprint density at radius 2 is 2.08 bits per heavy atom. The van der Waals surface area contributed by atoms with Crippen molar-refractivity contribution in [3.63, 3.8) is 0 Å². The maximum absolute atomic E-state index is 11.8. The predicted molar refractivity (Wildman–Crippen MR) is 94.9 cm³/mol. The minimum Gasteiger partial charge on any atom is -0.503 e. The number of hydrogen-bond acceptors (Lipinski definition) is 6. The van der Waals surface area contributed by atoms with Gasteiger partial charge in [0, 0.05) is 12.1 Å². The highest BCUT2D eigenvalue weighted by molar-refractivity contribution is 9.10. The summed E-state index contributed by atoms with van der Waals surface area (Å²) in [5.41, 5.74) is 3.57. The van der Waals surface area contributed by atoms with Crippen molar-refractivity contribution in [2.24, 2.45) is 5.10 Å². The number of carbonyl (C=O) groups excluding carboxylic acids is 1. The Morgan fingerprint density at radius 1 is 1.40 bits per heavy atom. The van der Waals surface area contributed by atoms with E-state index in [-0.39, 0.29) is 29.5 Å². The van der Waals surface area contributed by atoms with E-state index in [9.17, 15) is 20.0 Å².